The van der Waals surface area contributed by atoms with Crippen LogP contribution in [0.4, 0.5) is 5.69 Å². The van der Waals surface area contributed by atoms with E-state index in [0.717, 1.165) is 10.0 Å². The van der Waals surface area contributed by atoms with Gasteiger partial charge in [-0.3, -0.25) is 4.79 Å². The van der Waals surface area contributed by atoms with Crippen molar-refractivity contribution in [1.82, 2.24) is 0 Å². The molecule has 98 valence electrons. The molecule has 0 aliphatic carbocycles. The fourth-order valence-electron chi connectivity index (χ4n) is 1.60. The smallest absolute Gasteiger partial charge is 0.228 e. The van der Waals surface area contributed by atoms with E-state index in [2.05, 4.69) is 21.2 Å². The Labute approximate surface area is 129 Å². The molecule has 2 aromatic carbocycles. The van der Waals surface area contributed by atoms with Gasteiger partial charge in [-0.25, -0.2) is 0 Å². The SMILES string of the molecule is O=C(Cc1ccccc1Cl)Nc1ccc(Cl)cc1Br. The van der Waals surface area contributed by atoms with Gasteiger partial charge in [-0.1, -0.05) is 41.4 Å². The van der Waals surface area contributed by atoms with Crippen molar-refractivity contribution < 1.29 is 4.79 Å². The highest BCUT2D eigenvalue weighted by Gasteiger charge is 2.09. The lowest BCUT2D eigenvalue weighted by Crippen LogP contribution is -2.14. The Morgan fingerprint density at radius 1 is 1.16 bits per heavy atom. The van der Waals surface area contributed by atoms with Crippen molar-refractivity contribution in [2.75, 3.05) is 5.32 Å². The van der Waals surface area contributed by atoms with E-state index in [4.69, 9.17) is 23.2 Å². The molecule has 1 amide bonds. The molecular formula is C14H10BrCl2NO. The number of halogens is 3. The van der Waals surface area contributed by atoms with Crippen molar-refractivity contribution in [3.63, 3.8) is 0 Å². The normalized spacial score (nSPS) is 10.3. The molecule has 0 bridgehead atoms. The monoisotopic (exact) mass is 357 g/mol. The lowest BCUT2D eigenvalue weighted by Gasteiger charge is -2.08. The summed E-state index contributed by atoms with van der Waals surface area (Å²) in [5.74, 6) is -0.129. The van der Waals surface area contributed by atoms with Crippen LogP contribution in [0.25, 0.3) is 0 Å². The van der Waals surface area contributed by atoms with E-state index in [0.29, 0.717) is 15.7 Å². The molecule has 0 unspecified atom stereocenters. The summed E-state index contributed by atoms with van der Waals surface area (Å²) >= 11 is 15.2. The molecule has 2 aromatic rings. The highest BCUT2D eigenvalue weighted by atomic mass is 79.9. The van der Waals surface area contributed by atoms with Gasteiger partial charge in [-0.2, -0.15) is 0 Å². The van der Waals surface area contributed by atoms with E-state index in [-0.39, 0.29) is 12.3 Å². The van der Waals surface area contributed by atoms with Crippen LogP contribution in [0.5, 0.6) is 0 Å². The fourth-order valence-corrected chi connectivity index (χ4v) is 2.58. The second-order valence-corrected chi connectivity index (χ2v) is 5.64. The first-order chi connectivity index (χ1) is 9.06. The number of carbonyl (C=O) groups is 1. The first-order valence-electron chi connectivity index (χ1n) is 5.54. The maximum absolute atomic E-state index is 11.9. The Bertz CT molecular complexity index is 616. The van der Waals surface area contributed by atoms with Gasteiger partial charge < -0.3 is 5.32 Å². The average Bonchev–Trinajstić information content (AvgIpc) is 2.36. The van der Waals surface area contributed by atoms with Gasteiger partial charge in [0.05, 0.1) is 12.1 Å². The zero-order chi connectivity index (χ0) is 13.8. The first-order valence-corrected chi connectivity index (χ1v) is 7.09. The third-order valence-electron chi connectivity index (χ3n) is 2.51. The molecule has 19 heavy (non-hydrogen) atoms. The van der Waals surface area contributed by atoms with Crippen molar-refractivity contribution in [2.45, 2.75) is 6.42 Å². The predicted molar refractivity (Wildman–Crippen MR) is 82.9 cm³/mol. The van der Waals surface area contributed by atoms with E-state index < -0.39 is 0 Å². The van der Waals surface area contributed by atoms with Gasteiger partial charge in [0.2, 0.25) is 5.91 Å². The number of hydrogen-bond acceptors (Lipinski definition) is 1. The Morgan fingerprint density at radius 3 is 2.58 bits per heavy atom. The summed E-state index contributed by atoms with van der Waals surface area (Å²) in [5.41, 5.74) is 1.48. The van der Waals surface area contributed by atoms with E-state index in [1.165, 1.54) is 0 Å². The minimum atomic E-state index is -0.129. The molecule has 0 saturated carbocycles. The predicted octanol–water partition coefficient (Wildman–Crippen LogP) is 4.94. The van der Waals surface area contributed by atoms with Crippen LogP contribution < -0.4 is 5.32 Å². The molecule has 0 aliphatic heterocycles. The third kappa shape index (κ3) is 3.96. The van der Waals surface area contributed by atoms with E-state index in [1.54, 1.807) is 24.3 Å². The minimum absolute atomic E-state index is 0.129. The van der Waals surface area contributed by atoms with Crippen LogP contribution >= 0.6 is 39.1 Å². The van der Waals surface area contributed by atoms with Crippen LogP contribution in [0.2, 0.25) is 10.0 Å². The quantitative estimate of drug-likeness (QED) is 0.827. The molecule has 0 saturated heterocycles. The van der Waals surface area contributed by atoms with Gasteiger partial charge in [0.15, 0.2) is 0 Å². The maximum atomic E-state index is 11.9. The lowest BCUT2D eigenvalue weighted by molar-refractivity contribution is -0.115. The van der Waals surface area contributed by atoms with Crippen LogP contribution in [-0.2, 0) is 11.2 Å². The molecule has 0 spiro atoms. The van der Waals surface area contributed by atoms with Gasteiger partial charge in [-0.05, 0) is 45.8 Å². The summed E-state index contributed by atoms with van der Waals surface area (Å²) in [4.78, 5) is 11.9. The Kier molecular flexibility index (Phi) is 4.86. The third-order valence-corrected chi connectivity index (χ3v) is 3.77. The van der Waals surface area contributed by atoms with Crippen molar-refractivity contribution in [1.29, 1.82) is 0 Å². The van der Waals surface area contributed by atoms with Gasteiger partial charge in [0.1, 0.15) is 0 Å². The summed E-state index contributed by atoms with van der Waals surface area (Å²) in [5, 5.41) is 4.01. The van der Waals surface area contributed by atoms with Crippen LogP contribution in [0, 0.1) is 0 Å². The van der Waals surface area contributed by atoms with Gasteiger partial charge in [0.25, 0.3) is 0 Å². The molecule has 2 nitrogen and oxygen atoms in total. The fraction of sp³-hybridized carbons (Fsp3) is 0.0714. The van der Waals surface area contributed by atoms with Gasteiger partial charge in [0, 0.05) is 14.5 Å². The Morgan fingerprint density at radius 2 is 1.89 bits per heavy atom. The largest absolute Gasteiger partial charge is 0.325 e. The van der Waals surface area contributed by atoms with Gasteiger partial charge >= 0.3 is 0 Å². The molecule has 2 rings (SSSR count). The molecule has 1 N–H and O–H groups in total. The van der Waals surface area contributed by atoms with Crippen LogP contribution in [0.15, 0.2) is 46.9 Å². The first kappa shape index (κ1) is 14.4. The van der Waals surface area contributed by atoms with Crippen LogP contribution in [0.3, 0.4) is 0 Å². The molecule has 0 heterocycles. The van der Waals surface area contributed by atoms with E-state index >= 15 is 0 Å². The van der Waals surface area contributed by atoms with E-state index in [9.17, 15) is 4.79 Å². The Balaban J connectivity index is 2.08. The molecule has 0 aromatic heterocycles. The summed E-state index contributed by atoms with van der Waals surface area (Å²) in [6.45, 7) is 0. The second kappa shape index (κ2) is 6.42. The number of hydrogen-bond donors (Lipinski definition) is 1. The van der Waals surface area contributed by atoms with E-state index in [1.807, 2.05) is 18.2 Å². The summed E-state index contributed by atoms with van der Waals surface area (Å²) in [6.07, 6.45) is 0.231. The number of nitrogens with one attached hydrogen (secondary N) is 1. The van der Waals surface area contributed by atoms with Crippen molar-refractivity contribution in [2.24, 2.45) is 0 Å². The lowest BCUT2D eigenvalue weighted by atomic mass is 10.1. The summed E-state index contributed by atoms with van der Waals surface area (Å²) < 4.78 is 0.743. The Hall–Kier alpha value is -1.03. The zero-order valence-corrected chi connectivity index (χ0v) is 12.9. The molecule has 0 aliphatic rings. The number of anilines is 1. The molecule has 0 atom stereocenters. The van der Waals surface area contributed by atoms with Gasteiger partial charge in [-0.15, -0.1) is 0 Å². The second-order valence-electron chi connectivity index (χ2n) is 3.94. The number of carbonyl (C=O) groups excluding carboxylic acids is 1. The zero-order valence-electron chi connectivity index (χ0n) is 9.79. The van der Waals surface area contributed by atoms with Crippen molar-refractivity contribution in [3.8, 4) is 0 Å². The molecule has 0 fully saturated rings. The standard InChI is InChI=1S/C14H10BrCl2NO/c15-11-8-10(16)5-6-13(11)18-14(19)7-9-3-1-2-4-12(9)17/h1-6,8H,7H2,(H,18,19). The minimum Gasteiger partial charge on any atom is -0.325 e. The van der Waals surface area contributed by atoms with Crippen LogP contribution in [0.1, 0.15) is 5.56 Å². The topological polar surface area (TPSA) is 29.1 Å². The number of benzene rings is 2. The number of rotatable bonds is 3. The van der Waals surface area contributed by atoms with Crippen LogP contribution in [-0.4, -0.2) is 5.91 Å². The highest BCUT2D eigenvalue weighted by Crippen LogP contribution is 2.26. The average molecular weight is 359 g/mol. The maximum Gasteiger partial charge on any atom is 0.228 e. The summed E-state index contributed by atoms with van der Waals surface area (Å²) in [6, 6.07) is 12.5. The van der Waals surface area contributed by atoms with Crippen molar-refractivity contribution in [3.05, 3.63) is 62.5 Å². The molecule has 0 radical (unpaired) electrons. The molecule has 5 heteroatoms. The molecular weight excluding hydrogens is 349 g/mol. The van der Waals surface area contributed by atoms with Crippen molar-refractivity contribution >= 4 is 50.7 Å². The summed E-state index contributed by atoms with van der Waals surface area (Å²) in [7, 11) is 0. The highest BCUT2D eigenvalue weighted by molar-refractivity contribution is 9.10. The number of amides is 1.